The minimum Gasteiger partial charge on any atom is -0.434 e. The summed E-state index contributed by atoms with van der Waals surface area (Å²) in [5.74, 6) is -1.81. The molecule has 2 heterocycles. The largest absolute Gasteiger partial charge is 0.434 e. The third kappa shape index (κ3) is 5.03. The summed E-state index contributed by atoms with van der Waals surface area (Å²) in [6.07, 6.45) is 4.51. The Morgan fingerprint density at radius 3 is 2.71 bits per heavy atom. The van der Waals surface area contributed by atoms with Crippen LogP contribution in [0.5, 0.6) is 5.75 Å². The fourth-order valence-corrected chi connectivity index (χ4v) is 6.51. The summed E-state index contributed by atoms with van der Waals surface area (Å²) in [7, 11) is 0. The van der Waals surface area contributed by atoms with Crippen LogP contribution in [0.2, 0.25) is 0 Å². The van der Waals surface area contributed by atoms with Crippen molar-refractivity contribution in [2.24, 2.45) is 17.8 Å². The molecular weight excluding hydrogens is 500 g/mol. The second-order valence-corrected chi connectivity index (χ2v) is 10.5. The SMILES string of the molecule is O=C1CCC[C@H]1C[C@H](NC(=O)[C@@H]1[C@H]2CCC[C@H]2CN1C(=O)c1cc2c(OC(F)F)cccc2[nH]1)C(=O)CO. The Bertz CT molecular complexity index is 1250. The Hall–Kier alpha value is -3.34. The number of carbonyl (C=O) groups is 4. The number of ketones is 2. The number of hydrogen-bond acceptors (Lipinski definition) is 6. The Balaban J connectivity index is 1.39. The maximum Gasteiger partial charge on any atom is 0.387 e. The lowest BCUT2D eigenvalue weighted by Crippen LogP contribution is -2.53. The van der Waals surface area contributed by atoms with Crippen molar-refractivity contribution in [2.75, 3.05) is 13.2 Å². The number of benzene rings is 1. The first kappa shape index (κ1) is 26.3. The van der Waals surface area contributed by atoms with Gasteiger partial charge in [0, 0.05) is 29.8 Å². The Labute approximate surface area is 217 Å². The summed E-state index contributed by atoms with van der Waals surface area (Å²) in [5.41, 5.74) is 0.587. The number of halogens is 2. The number of ether oxygens (including phenoxy) is 1. The van der Waals surface area contributed by atoms with E-state index in [1.165, 1.54) is 23.1 Å². The standard InChI is InChI=1S/C27H31F2N3O6/c28-27(29)38-23-9-3-7-18-17(23)11-20(30-18)26(37)32-12-15-5-1-6-16(15)24(32)25(36)31-19(22(35)13-33)10-14-4-2-8-21(14)34/h3,7,9,11,14-16,19,24,27,30,33H,1-2,4-6,8,10,12-13H2,(H,31,36)/t14-,15-,16-,19-,24-/m0/s1. The van der Waals surface area contributed by atoms with E-state index in [-0.39, 0.29) is 41.4 Å². The van der Waals surface area contributed by atoms with Crippen molar-refractivity contribution in [1.82, 2.24) is 15.2 Å². The molecule has 0 spiro atoms. The van der Waals surface area contributed by atoms with Crippen molar-refractivity contribution in [3.63, 3.8) is 0 Å². The lowest BCUT2D eigenvalue weighted by Gasteiger charge is -2.29. The van der Waals surface area contributed by atoms with Crippen LogP contribution in [0, 0.1) is 17.8 Å². The zero-order chi connectivity index (χ0) is 27.0. The van der Waals surface area contributed by atoms with Crippen LogP contribution < -0.4 is 10.1 Å². The van der Waals surface area contributed by atoms with E-state index in [4.69, 9.17) is 0 Å². The average Bonchev–Trinajstić information content (AvgIpc) is 3.66. The maximum atomic E-state index is 13.7. The molecule has 3 N–H and O–H groups in total. The Kier molecular flexibility index (Phi) is 7.47. The van der Waals surface area contributed by atoms with Crippen molar-refractivity contribution >= 4 is 34.3 Å². The molecule has 2 amide bonds. The van der Waals surface area contributed by atoms with Gasteiger partial charge < -0.3 is 25.0 Å². The van der Waals surface area contributed by atoms with Crippen molar-refractivity contribution in [2.45, 2.75) is 63.6 Å². The first-order valence-corrected chi connectivity index (χ1v) is 13.1. The second kappa shape index (κ2) is 10.8. The lowest BCUT2D eigenvalue weighted by molar-refractivity contribution is -0.133. The maximum absolute atomic E-state index is 13.7. The number of nitrogens with one attached hydrogen (secondary N) is 2. The van der Waals surface area contributed by atoms with E-state index in [1.807, 2.05) is 0 Å². The Morgan fingerprint density at radius 1 is 1.18 bits per heavy atom. The molecule has 0 radical (unpaired) electrons. The predicted molar refractivity (Wildman–Crippen MR) is 132 cm³/mol. The number of aromatic amines is 1. The van der Waals surface area contributed by atoms with Gasteiger partial charge in [0.2, 0.25) is 5.91 Å². The molecule has 3 aliphatic rings. The number of alkyl halides is 2. The van der Waals surface area contributed by atoms with Crippen molar-refractivity contribution < 1.29 is 37.8 Å². The topological polar surface area (TPSA) is 129 Å². The number of aliphatic hydroxyl groups excluding tert-OH is 1. The third-order valence-electron chi connectivity index (χ3n) is 8.30. The summed E-state index contributed by atoms with van der Waals surface area (Å²) < 4.78 is 30.3. The highest BCUT2D eigenvalue weighted by Gasteiger charge is 2.50. The number of aliphatic hydroxyl groups is 1. The van der Waals surface area contributed by atoms with E-state index in [9.17, 15) is 33.1 Å². The van der Waals surface area contributed by atoms with Gasteiger partial charge in [0.05, 0.1) is 6.04 Å². The number of nitrogens with zero attached hydrogens (tertiary/aromatic N) is 1. The number of amides is 2. The van der Waals surface area contributed by atoms with Gasteiger partial charge in [0.25, 0.3) is 5.91 Å². The number of fused-ring (bicyclic) bond motifs is 2. The van der Waals surface area contributed by atoms with Gasteiger partial charge in [-0.05, 0) is 62.1 Å². The highest BCUT2D eigenvalue weighted by molar-refractivity contribution is 6.02. The van der Waals surface area contributed by atoms with Gasteiger partial charge in [-0.2, -0.15) is 8.78 Å². The second-order valence-electron chi connectivity index (χ2n) is 10.5. The number of Topliss-reactive ketones (excluding diaryl/α,β-unsaturated/α-hetero) is 2. The van der Waals surface area contributed by atoms with Crippen LogP contribution >= 0.6 is 0 Å². The smallest absolute Gasteiger partial charge is 0.387 e. The van der Waals surface area contributed by atoms with E-state index >= 15 is 0 Å². The van der Waals surface area contributed by atoms with Gasteiger partial charge in [-0.25, -0.2) is 0 Å². The van der Waals surface area contributed by atoms with E-state index in [0.29, 0.717) is 30.3 Å². The van der Waals surface area contributed by atoms with E-state index in [2.05, 4.69) is 15.0 Å². The summed E-state index contributed by atoms with van der Waals surface area (Å²) in [6.45, 7) is -3.42. The number of hydrogen-bond donors (Lipinski definition) is 3. The molecule has 11 heteroatoms. The first-order valence-electron chi connectivity index (χ1n) is 13.1. The lowest BCUT2D eigenvalue weighted by atomic mass is 9.91. The molecule has 2 aromatic rings. The molecule has 2 aliphatic carbocycles. The van der Waals surface area contributed by atoms with Crippen LogP contribution in [0.3, 0.4) is 0 Å². The van der Waals surface area contributed by atoms with Crippen LogP contribution in [0.25, 0.3) is 10.9 Å². The number of aromatic nitrogens is 1. The number of rotatable bonds is 9. The van der Waals surface area contributed by atoms with E-state index in [1.54, 1.807) is 6.07 Å². The first-order chi connectivity index (χ1) is 18.3. The molecule has 1 aliphatic heterocycles. The van der Waals surface area contributed by atoms with Crippen LogP contribution in [0.4, 0.5) is 8.78 Å². The molecule has 2 saturated carbocycles. The zero-order valence-corrected chi connectivity index (χ0v) is 20.8. The summed E-state index contributed by atoms with van der Waals surface area (Å²) in [4.78, 5) is 56.4. The molecule has 5 rings (SSSR count). The Morgan fingerprint density at radius 2 is 2.00 bits per heavy atom. The number of carbonyl (C=O) groups excluding carboxylic acids is 4. The molecule has 0 bridgehead atoms. The molecular formula is C27H31F2N3O6. The van der Waals surface area contributed by atoms with Crippen LogP contribution in [0.15, 0.2) is 24.3 Å². The minimum atomic E-state index is -3.02. The van der Waals surface area contributed by atoms with Gasteiger partial charge >= 0.3 is 6.61 Å². The third-order valence-corrected chi connectivity index (χ3v) is 8.30. The van der Waals surface area contributed by atoms with Crippen LogP contribution in [-0.2, 0) is 14.4 Å². The highest BCUT2D eigenvalue weighted by Crippen LogP contribution is 2.43. The normalized spacial score (nSPS) is 25.7. The number of likely N-dealkylation sites (tertiary alicyclic amines) is 1. The molecule has 1 aromatic heterocycles. The average molecular weight is 532 g/mol. The molecule has 1 saturated heterocycles. The monoisotopic (exact) mass is 531 g/mol. The van der Waals surface area contributed by atoms with Crippen LogP contribution in [-0.4, -0.2) is 70.2 Å². The fraction of sp³-hybridized carbons (Fsp3) is 0.556. The molecule has 38 heavy (non-hydrogen) atoms. The summed E-state index contributed by atoms with van der Waals surface area (Å²) >= 11 is 0. The number of H-pyrrole nitrogens is 1. The predicted octanol–water partition coefficient (Wildman–Crippen LogP) is 2.82. The summed E-state index contributed by atoms with van der Waals surface area (Å²) in [5, 5.41) is 12.6. The highest BCUT2D eigenvalue weighted by atomic mass is 19.3. The van der Waals surface area contributed by atoms with Crippen molar-refractivity contribution in [3.8, 4) is 5.75 Å². The summed E-state index contributed by atoms with van der Waals surface area (Å²) in [6, 6.07) is 4.17. The molecule has 0 unspecified atom stereocenters. The van der Waals surface area contributed by atoms with Gasteiger partial charge in [-0.1, -0.05) is 12.5 Å². The minimum absolute atomic E-state index is 0.0533. The molecule has 1 aromatic carbocycles. The molecule has 204 valence electrons. The van der Waals surface area contributed by atoms with Crippen LogP contribution in [0.1, 0.15) is 55.4 Å². The van der Waals surface area contributed by atoms with E-state index < -0.39 is 42.9 Å². The van der Waals surface area contributed by atoms with E-state index in [0.717, 1.165) is 25.7 Å². The molecule has 9 nitrogen and oxygen atoms in total. The molecule has 3 fully saturated rings. The van der Waals surface area contributed by atoms with Gasteiger partial charge in [-0.3, -0.25) is 19.2 Å². The molecule has 5 atom stereocenters. The zero-order valence-electron chi connectivity index (χ0n) is 20.8. The van der Waals surface area contributed by atoms with Crippen molar-refractivity contribution in [1.29, 1.82) is 0 Å². The quantitative estimate of drug-likeness (QED) is 0.457. The van der Waals surface area contributed by atoms with Gasteiger partial charge in [-0.15, -0.1) is 0 Å². The fourth-order valence-electron chi connectivity index (χ4n) is 6.51. The van der Waals surface area contributed by atoms with Crippen molar-refractivity contribution in [3.05, 3.63) is 30.0 Å². The van der Waals surface area contributed by atoms with Gasteiger partial charge in [0.1, 0.15) is 29.9 Å². The van der Waals surface area contributed by atoms with Gasteiger partial charge in [0.15, 0.2) is 5.78 Å².